The molecule has 0 spiro atoms. The van der Waals surface area contributed by atoms with Crippen LogP contribution in [0.1, 0.15) is 30.6 Å². The molecule has 1 amide bonds. The molecule has 0 aliphatic heterocycles. The normalized spacial score (nSPS) is 10.4. The van der Waals surface area contributed by atoms with Gasteiger partial charge >= 0.3 is 0 Å². The van der Waals surface area contributed by atoms with E-state index in [1.54, 1.807) is 25.3 Å². The van der Waals surface area contributed by atoms with Gasteiger partial charge in [-0.3, -0.25) is 10.1 Å². The van der Waals surface area contributed by atoms with Crippen LogP contribution in [-0.4, -0.2) is 24.7 Å². The molecule has 144 valence electrons. The highest BCUT2D eigenvalue weighted by Crippen LogP contribution is 2.25. The highest BCUT2D eigenvalue weighted by atomic mass is 79.9. The summed E-state index contributed by atoms with van der Waals surface area (Å²) in [5.74, 6) is 1.70. The molecule has 2 rings (SSSR count). The fourth-order valence-corrected chi connectivity index (χ4v) is 2.97. The van der Waals surface area contributed by atoms with E-state index in [1.165, 1.54) is 0 Å². The molecule has 0 aliphatic carbocycles. The summed E-state index contributed by atoms with van der Waals surface area (Å²) in [6, 6.07) is 12.5. The van der Waals surface area contributed by atoms with Crippen LogP contribution in [0.4, 0.5) is 5.69 Å². The maximum atomic E-state index is 12.3. The molecule has 7 heteroatoms. The number of rotatable bonds is 7. The number of benzene rings is 2. The molecule has 0 unspecified atom stereocenters. The second-order valence-corrected chi connectivity index (χ2v) is 7.58. The van der Waals surface area contributed by atoms with Gasteiger partial charge in [-0.25, -0.2) is 0 Å². The molecule has 0 fully saturated rings. The van der Waals surface area contributed by atoms with E-state index >= 15 is 0 Å². The maximum Gasteiger partial charge on any atom is 0.257 e. The Morgan fingerprint density at radius 2 is 2.00 bits per heavy atom. The van der Waals surface area contributed by atoms with E-state index in [9.17, 15) is 4.79 Å². The number of methoxy groups -OCH3 is 1. The Morgan fingerprint density at radius 1 is 1.22 bits per heavy atom. The molecule has 5 nitrogen and oxygen atoms in total. The lowest BCUT2D eigenvalue weighted by Gasteiger charge is -2.12. The van der Waals surface area contributed by atoms with Gasteiger partial charge in [-0.05, 0) is 70.8 Å². The number of thiocarbonyl (C=S) groups is 1. The minimum Gasteiger partial charge on any atom is -0.496 e. The van der Waals surface area contributed by atoms with E-state index in [4.69, 9.17) is 21.7 Å². The Bertz CT molecular complexity index is 812. The maximum absolute atomic E-state index is 12.3. The molecule has 0 aromatic heterocycles. The minimum absolute atomic E-state index is 0.214. The van der Waals surface area contributed by atoms with Crippen molar-refractivity contribution in [2.75, 3.05) is 19.0 Å². The molecular weight excluding hydrogens is 428 g/mol. The average Bonchev–Trinajstić information content (AvgIpc) is 2.61. The van der Waals surface area contributed by atoms with Crippen molar-refractivity contribution in [3.05, 3.63) is 52.5 Å². The van der Waals surface area contributed by atoms with Crippen LogP contribution in [0.5, 0.6) is 11.5 Å². The number of amides is 1. The highest BCUT2D eigenvalue weighted by Gasteiger charge is 2.11. The summed E-state index contributed by atoms with van der Waals surface area (Å²) >= 11 is 8.60. The third-order valence-corrected chi connectivity index (χ3v) is 4.52. The molecule has 0 saturated carbocycles. The van der Waals surface area contributed by atoms with E-state index < -0.39 is 0 Å². The number of hydrogen-bond donors (Lipinski definition) is 2. The molecule has 2 N–H and O–H groups in total. The van der Waals surface area contributed by atoms with Crippen LogP contribution in [0.15, 0.2) is 46.9 Å². The fourth-order valence-electron chi connectivity index (χ4n) is 2.22. The summed E-state index contributed by atoms with van der Waals surface area (Å²) in [6.07, 6.45) is 0.990. The van der Waals surface area contributed by atoms with E-state index in [0.29, 0.717) is 28.3 Å². The van der Waals surface area contributed by atoms with Gasteiger partial charge in [0.25, 0.3) is 5.91 Å². The van der Waals surface area contributed by atoms with Crippen molar-refractivity contribution in [3.63, 3.8) is 0 Å². The van der Waals surface area contributed by atoms with Gasteiger partial charge in [0.2, 0.25) is 0 Å². The third-order valence-electron chi connectivity index (χ3n) is 3.70. The summed E-state index contributed by atoms with van der Waals surface area (Å²) in [5.41, 5.74) is 1.22. The van der Waals surface area contributed by atoms with Gasteiger partial charge in [-0.1, -0.05) is 19.9 Å². The molecule has 2 aromatic carbocycles. The smallest absolute Gasteiger partial charge is 0.257 e. The lowest BCUT2D eigenvalue weighted by atomic mass is 10.1. The predicted molar refractivity (Wildman–Crippen MR) is 116 cm³/mol. The quantitative estimate of drug-likeness (QED) is 0.580. The summed E-state index contributed by atoms with van der Waals surface area (Å²) in [5, 5.41) is 5.88. The van der Waals surface area contributed by atoms with Crippen LogP contribution in [0, 0.1) is 5.92 Å². The standard InChI is InChI=1S/C20H23BrN2O3S/c1-13(2)9-10-26-16-6-4-5-15(12-16)22-20(27)23-19(24)14-7-8-18(25-3)17(21)11-14/h4-8,11-13H,9-10H2,1-3H3,(H2,22,23,24,27). The fraction of sp³-hybridized carbons (Fsp3) is 0.300. The minimum atomic E-state index is -0.305. The van der Waals surface area contributed by atoms with Crippen LogP contribution < -0.4 is 20.1 Å². The van der Waals surface area contributed by atoms with Gasteiger partial charge in [0.15, 0.2) is 5.11 Å². The van der Waals surface area contributed by atoms with Crippen molar-refractivity contribution >= 4 is 44.9 Å². The number of carbonyl (C=O) groups excluding carboxylic acids is 1. The van der Waals surface area contributed by atoms with E-state index in [-0.39, 0.29) is 11.0 Å². The number of ether oxygens (including phenoxy) is 2. The molecular formula is C20H23BrN2O3S. The van der Waals surface area contributed by atoms with Gasteiger partial charge < -0.3 is 14.8 Å². The highest BCUT2D eigenvalue weighted by molar-refractivity contribution is 9.10. The van der Waals surface area contributed by atoms with Crippen LogP contribution >= 0.6 is 28.1 Å². The van der Waals surface area contributed by atoms with Crippen molar-refractivity contribution in [2.45, 2.75) is 20.3 Å². The van der Waals surface area contributed by atoms with Gasteiger partial charge in [0, 0.05) is 17.3 Å². The predicted octanol–water partition coefficient (Wildman–Crippen LogP) is 5.01. The zero-order valence-electron chi connectivity index (χ0n) is 15.5. The monoisotopic (exact) mass is 450 g/mol. The van der Waals surface area contributed by atoms with Gasteiger partial charge in [-0.2, -0.15) is 0 Å². The van der Waals surface area contributed by atoms with E-state index in [0.717, 1.165) is 17.9 Å². The summed E-state index contributed by atoms with van der Waals surface area (Å²) < 4.78 is 11.6. The molecule has 0 saturated heterocycles. The van der Waals surface area contributed by atoms with Gasteiger partial charge in [0.1, 0.15) is 11.5 Å². The Morgan fingerprint density at radius 3 is 2.67 bits per heavy atom. The average molecular weight is 451 g/mol. The Labute approximate surface area is 173 Å². The first-order valence-corrected chi connectivity index (χ1v) is 9.78. The number of halogens is 1. The zero-order valence-corrected chi connectivity index (χ0v) is 17.9. The first-order chi connectivity index (χ1) is 12.9. The molecule has 0 radical (unpaired) electrons. The Hall–Kier alpha value is -2.12. The second kappa shape index (κ2) is 10.3. The van der Waals surface area contributed by atoms with Crippen molar-refractivity contribution in [1.82, 2.24) is 5.32 Å². The SMILES string of the molecule is COc1ccc(C(=O)NC(=S)Nc2cccc(OCCC(C)C)c2)cc1Br. The number of nitrogens with one attached hydrogen (secondary N) is 2. The number of carbonyl (C=O) groups is 1. The van der Waals surface area contributed by atoms with Crippen LogP contribution in [0.25, 0.3) is 0 Å². The van der Waals surface area contributed by atoms with Gasteiger partial charge in [-0.15, -0.1) is 0 Å². The first-order valence-electron chi connectivity index (χ1n) is 8.57. The van der Waals surface area contributed by atoms with E-state index in [1.807, 2.05) is 24.3 Å². The van der Waals surface area contributed by atoms with E-state index in [2.05, 4.69) is 40.4 Å². The van der Waals surface area contributed by atoms with Crippen LogP contribution in [0.3, 0.4) is 0 Å². The zero-order chi connectivity index (χ0) is 19.8. The molecule has 0 aliphatic rings. The number of hydrogen-bond acceptors (Lipinski definition) is 4. The summed E-state index contributed by atoms with van der Waals surface area (Å²) in [4.78, 5) is 12.3. The Kier molecular flexibility index (Phi) is 8.06. The topological polar surface area (TPSA) is 59.6 Å². The van der Waals surface area contributed by atoms with Crippen molar-refractivity contribution in [1.29, 1.82) is 0 Å². The lowest BCUT2D eigenvalue weighted by molar-refractivity contribution is 0.0977. The molecule has 0 heterocycles. The van der Waals surface area contributed by atoms with Gasteiger partial charge in [0.05, 0.1) is 18.2 Å². The van der Waals surface area contributed by atoms with Crippen LogP contribution in [-0.2, 0) is 0 Å². The van der Waals surface area contributed by atoms with Crippen molar-refractivity contribution < 1.29 is 14.3 Å². The summed E-state index contributed by atoms with van der Waals surface area (Å²) in [7, 11) is 1.57. The number of anilines is 1. The molecule has 0 atom stereocenters. The summed E-state index contributed by atoms with van der Waals surface area (Å²) in [6.45, 7) is 4.97. The largest absolute Gasteiger partial charge is 0.496 e. The second-order valence-electron chi connectivity index (χ2n) is 6.32. The molecule has 0 bridgehead atoms. The van der Waals surface area contributed by atoms with Crippen molar-refractivity contribution in [2.24, 2.45) is 5.92 Å². The van der Waals surface area contributed by atoms with Crippen LogP contribution in [0.2, 0.25) is 0 Å². The third kappa shape index (κ3) is 6.84. The molecule has 2 aromatic rings. The molecule has 27 heavy (non-hydrogen) atoms. The lowest BCUT2D eigenvalue weighted by Crippen LogP contribution is -2.34. The van der Waals surface area contributed by atoms with Crippen molar-refractivity contribution in [3.8, 4) is 11.5 Å². The first kappa shape index (κ1) is 21.2. The Balaban J connectivity index is 1.93.